The van der Waals surface area contributed by atoms with Gasteiger partial charge in [-0.05, 0) is 48.4 Å². The zero-order valence-electron chi connectivity index (χ0n) is 15.1. The van der Waals surface area contributed by atoms with Crippen molar-refractivity contribution in [3.63, 3.8) is 0 Å². The summed E-state index contributed by atoms with van der Waals surface area (Å²) in [5, 5.41) is 4.47. The van der Waals surface area contributed by atoms with Crippen LogP contribution in [0.5, 0.6) is 5.75 Å². The van der Waals surface area contributed by atoms with Crippen LogP contribution in [0.15, 0.2) is 54.6 Å². The van der Waals surface area contributed by atoms with Crippen molar-refractivity contribution in [1.29, 1.82) is 0 Å². The van der Waals surface area contributed by atoms with E-state index >= 15 is 0 Å². The topological polar surface area (TPSA) is 47.4 Å². The SMILES string of the molecule is Cc1cc(F)cc(CN2CCn3nc(COc4ccccc4)cc3C2=O)c1. The molecule has 0 aliphatic carbocycles. The van der Waals surface area contributed by atoms with E-state index in [4.69, 9.17) is 4.74 Å². The van der Waals surface area contributed by atoms with Crippen molar-refractivity contribution < 1.29 is 13.9 Å². The van der Waals surface area contributed by atoms with E-state index in [1.54, 1.807) is 15.6 Å². The molecule has 2 aromatic carbocycles. The lowest BCUT2D eigenvalue weighted by Crippen LogP contribution is -2.39. The minimum absolute atomic E-state index is 0.0957. The fourth-order valence-electron chi connectivity index (χ4n) is 3.31. The highest BCUT2D eigenvalue weighted by atomic mass is 19.1. The second kappa shape index (κ2) is 7.23. The van der Waals surface area contributed by atoms with Gasteiger partial charge in [-0.25, -0.2) is 4.39 Å². The Balaban J connectivity index is 1.46. The lowest BCUT2D eigenvalue weighted by atomic mass is 10.1. The van der Waals surface area contributed by atoms with Crippen molar-refractivity contribution in [2.24, 2.45) is 0 Å². The smallest absolute Gasteiger partial charge is 0.272 e. The summed E-state index contributed by atoms with van der Waals surface area (Å²) in [4.78, 5) is 14.5. The molecule has 0 unspecified atom stereocenters. The van der Waals surface area contributed by atoms with Gasteiger partial charge in [-0.1, -0.05) is 24.3 Å². The van der Waals surface area contributed by atoms with E-state index in [0.29, 0.717) is 37.6 Å². The van der Waals surface area contributed by atoms with Gasteiger partial charge in [0.15, 0.2) is 0 Å². The third-order valence-electron chi connectivity index (χ3n) is 4.52. The van der Waals surface area contributed by atoms with E-state index in [1.165, 1.54) is 12.1 Å². The Hall–Kier alpha value is -3.15. The number of carbonyl (C=O) groups is 1. The van der Waals surface area contributed by atoms with Crippen LogP contribution in [0.4, 0.5) is 4.39 Å². The summed E-state index contributed by atoms with van der Waals surface area (Å²) < 4.78 is 21.0. The minimum atomic E-state index is -0.278. The number of benzene rings is 2. The predicted molar refractivity (Wildman–Crippen MR) is 98.9 cm³/mol. The summed E-state index contributed by atoms with van der Waals surface area (Å²) in [5.74, 6) is 0.388. The van der Waals surface area contributed by atoms with Gasteiger partial charge in [-0.15, -0.1) is 0 Å². The highest BCUT2D eigenvalue weighted by Gasteiger charge is 2.26. The molecule has 0 spiro atoms. The minimum Gasteiger partial charge on any atom is -0.487 e. The first-order valence-electron chi connectivity index (χ1n) is 8.88. The van der Waals surface area contributed by atoms with Crippen LogP contribution in [-0.2, 0) is 19.7 Å². The maximum atomic E-state index is 13.6. The van der Waals surface area contributed by atoms with E-state index in [9.17, 15) is 9.18 Å². The number of aryl methyl sites for hydroxylation is 1. The number of para-hydroxylation sites is 1. The number of fused-ring (bicyclic) bond motifs is 1. The van der Waals surface area contributed by atoms with Gasteiger partial charge in [0.2, 0.25) is 0 Å². The van der Waals surface area contributed by atoms with Crippen molar-refractivity contribution in [1.82, 2.24) is 14.7 Å². The van der Waals surface area contributed by atoms with Crippen LogP contribution in [0.25, 0.3) is 0 Å². The van der Waals surface area contributed by atoms with Crippen LogP contribution in [-0.4, -0.2) is 27.1 Å². The van der Waals surface area contributed by atoms with Gasteiger partial charge < -0.3 is 9.64 Å². The van der Waals surface area contributed by atoms with Crippen molar-refractivity contribution >= 4 is 5.91 Å². The quantitative estimate of drug-likeness (QED) is 0.695. The Labute approximate surface area is 157 Å². The molecule has 27 heavy (non-hydrogen) atoms. The number of nitrogens with zero attached hydrogens (tertiary/aromatic N) is 3. The molecule has 0 N–H and O–H groups in total. The van der Waals surface area contributed by atoms with Gasteiger partial charge in [0, 0.05) is 13.1 Å². The van der Waals surface area contributed by atoms with Crippen LogP contribution < -0.4 is 4.74 Å². The van der Waals surface area contributed by atoms with Gasteiger partial charge in [-0.2, -0.15) is 5.10 Å². The second-order valence-electron chi connectivity index (χ2n) is 6.71. The van der Waals surface area contributed by atoms with Crippen molar-refractivity contribution in [2.45, 2.75) is 26.6 Å². The molecule has 1 aliphatic heterocycles. The van der Waals surface area contributed by atoms with Gasteiger partial charge in [0.05, 0.1) is 6.54 Å². The van der Waals surface area contributed by atoms with Gasteiger partial charge in [0.1, 0.15) is 29.6 Å². The molecule has 1 aromatic heterocycles. The van der Waals surface area contributed by atoms with E-state index in [0.717, 1.165) is 16.9 Å². The molecule has 0 bridgehead atoms. The van der Waals surface area contributed by atoms with Crippen LogP contribution >= 0.6 is 0 Å². The Bertz CT molecular complexity index is 949. The van der Waals surface area contributed by atoms with Crippen molar-refractivity contribution in [3.05, 3.63) is 82.9 Å². The fraction of sp³-hybridized carbons (Fsp3) is 0.238. The monoisotopic (exact) mass is 365 g/mol. The number of carbonyl (C=O) groups excluding carboxylic acids is 1. The summed E-state index contributed by atoms with van der Waals surface area (Å²) in [6.07, 6.45) is 0. The van der Waals surface area contributed by atoms with E-state index in [-0.39, 0.29) is 11.7 Å². The number of rotatable bonds is 5. The molecule has 0 saturated heterocycles. The Morgan fingerprint density at radius 2 is 1.93 bits per heavy atom. The molecule has 1 amide bonds. The number of hydrogen-bond acceptors (Lipinski definition) is 3. The highest BCUT2D eigenvalue weighted by Crippen LogP contribution is 2.19. The molecule has 0 atom stereocenters. The second-order valence-corrected chi connectivity index (χ2v) is 6.71. The summed E-state index contributed by atoms with van der Waals surface area (Å²) in [6.45, 7) is 3.69. The Morgan fingerprint density at radius 1 is 1.11 bits per heavy atom. The normalized spacial score (nSPS) is 13.6. The molecular weight excluding hydrogens is 345 g/mol. The summed E-state index contributed by atoms with van der Waals surface area (Å²) >= 11 is 0. The first-order chi connectivity index (χ1) is 13.1. The Kier molecular flexibility index (Phi) is 4.62. The average Bonchev–Trinajstić information content (AvgIpc) is 3.06. The predicted octanol–water partition coefficient (Wildman–Crippen LogP) is 3.57. The maximum Gasteiger partial charge on any atom is 0.272 e. The first kappa shape index (κ1) is 17.3. The molecule has 2 heterocycles. The maximum absolute atomic E-state index is 13.6. The van der Waals surface area contributed by atoms with Gasteiger partial charge in [-0.3, -0.25) is 9.48 Å². The average molecular weight is 365 g/mol. The number of halogens is 1. The van der Waals surface area contributed by atoms with Gasteiger partial charge >= 0.3 is 0 Å². The van der Waals surface area contributed by atoms with Crippen molar-refractivity contribution in [3.8, 4) is 5.75 Å². The molecule has 1 aliphatic rings. The number of hydrogen-bond donors (Lipinski definition) is 0. The third-order valence-corrected chi connectivity index (χ3v) is 4.52. The number of amides is 1. The van der Waals surface area contributed by atoms with E-state index in [1.807, 2.05) is 43.3 Å². The molecule has 3 aromatic rings. The largest absolute Gasteiger partial charge is 0.487 e. The summed E-state index contributed by atoms with van der Waals surface area (Å²) in [6, 6.07) is 16.1. The molecule has 138 valence electrons. The van der Waals surface area contributed by atoms with E-state index in [2.05, 4.69) is 5.10 Å². The first-order valence-corrected chi connectivity index (χ1v) is 8.88. The molecular formula is C21H20FN3O2. The molecule has 0 fully saturated rings. The zero-order valence-corrected chi connectivity index (χ0v) is 15.1. The summed E-state index contributed by atoms with van der Waals surface area (Å²) in [7, 11) is 0. The third kappa shape index (κ3) is 3.84. The molecule has 0 radical (unpaired) electrons. The molecule has 0 saturated carbocycles. The highest BCUT2D eigenvalue weighted by molar-refractivity contribution is 5.93. The number of ether oxygens (including phenoxy) is 1. The lowest BCUT2D eigenvalue weighted by molar-refractivity contribution is 0.0683. The van der Waals surface area contributed by atoms with Crippen molar-refractivity contribution in [2.75, 3.05) is 6.54 Å². The summed E-state index contributed by atoms with van der Waals surface area (Å²) in [5.41, 5.74) is 2.90. The standard InChI is InChI=1S/C21H20FN3O2/c1-15-9-16(11-17(22)10-15)13-24-7-8-25-20(21(24)26)12-18(23-25)14-27-19-5-3-2-4-6-19/h2-6,9-12H,7-8,13-14H2,1H3. The molecule has 6 heteroatoms. The lowest BCUT2D eigenvalue weighted by Gasteiger charge is -2.27. The zero-order chi connectivity index (χ0) is 18.8. The number of aromatic nitrogens is 2. The van der Waals surface area contributed by atoms with Crippen LogP contribution in [0.1, 0.15) is 27.3 Å². The van der Waals surface area contributed by atoms with Gasteiger partial charge in [0.25, 0.3) is 5.91 Å². The molecule has 4 rings (SSSR count). The van der Waals surface area contributed by atoms with Crippen LogP contribution in [0.3, 0.4) is 0 Å². The fourth-order valence-corrected chi connectivity index (χ4v) is 3.31. The van der Waals surface area contributed by atoms with Crippen LogP contribution in [0, 0.1) is 12.7 Å². The van der Waals surface area contributed by atoms with Crippen LogP contribution in [0.2, 0.25) is 0 Å². The Morgan fingerprint density at radius 3 is 2.70 bits per heavy atom. The molecule has 5 nitrogen and oxygen atoms in total. The van der Waals surface area contributed by atoms with E-state index < -0.39 is 0 Å².